The van der Waals surface area contributed by atoms with Crippen LogP contribution in [0.3, 0.4) is 0 Å². The lowest BCUT2D eigenvalue weighted by molar-refractivity contribution is 0.377. The van der Waals surface area contributed by atoms with Crippen LogP contribution >= 0.6 is 0 Å². The van der Waals surface area contributed by atoms with Crippen LogP contribution in [0.1, 0.15) is 47.3 Å². The zero-order valence-electron chi connectivity index (χ0n) is 24.7. The van der Waals surface area contributed by atoms with Crippen LogP contribution in [-0.4, -0.2) is 20.9 Å². The Hall–Kier alpha value is -4.00. The lowest BCUT2D eigenvalue weighted by Gasteiger charge is -2.34. The molecule has 0 aliphatic heterocycles. The number of hydrogen-bond acceptors (Lipinski definition) is 4. The number of benzene rings is 5. The summed E-state index contributed by atoms with van der Waals surface area (Å²) in [5.41, 5.74) is 3.09. The van der Waals surface area contributed by atoms with Crippen molar-refractivity contribution in [1.82, 2.24) is 0 Å². The van der Waals surface area contributed by atoms with Crippen LogP contribution in [0, 0.1) is 17.3 Å². The Morgan fingerprint density at radius 1 is 0.467 bits per heavy atom. The van der Waals surface area contributed by atoms with Crippen LogP contribution in [0.2, 0.25) is 0 Å². The predicted octanol–water partition coefficient (Wildman–Crippen LogP) is 8.02. The molecule has 3 aliphatic carbocycles. The highest BCUT2D eigenvalue weighted by Gasteiger charge is 2.85. The molecule has 0 heterocycles. The molecule has 3 fully saturated rings. The van der Waals surface area contributed by atoms with Crippen LogP contribution in [0.5, 0.6) is 0 Å². The van der Waals surface area contributed by atoms with Crippen molar-refractivity contribution >= 4 is 19.7 Å². The monoisotopic (exact) mass is 630 g/mol. The summed E-state index contributed by atoms with van der Waals surface area (Å²) in [4.78, 5) is 0.125. The molecular formula is C39H34O4S2. The Kier molecular flexibility index (Phi) is 6.49. The molecule has 5 aromatic carbocycles. The van der Waals surface area contributed by atoms with Gasteiger partial charge in [-0.2, -0.15) is 0 Å². The average molecular weight is 631 g/mol. The Morgan fingerprint density at radius 3 is 1.22 bits per heavy atom. The highest BCUT2D eigenvalue weighted by atomic mass is 32.3. The number of sulfone groups is 2. The molecule has 8 rings (SSSR count). The van der Waals surface area contributed by atoms with E-state index >= 15 is 0 Å². The summed E-state index contributed by atoms with van der Waals surface area (Å²) in [6.45, 7) is 0. The van der Waals surface area contributed by atoms with Gasteiger partial charge in [0, 0.05) is 0 Å². The minimum atomic E-state index is -4.31. The van der Waals surface area contributed by atoms with Gasteiger partial charge in [-0.05, 0) is 88.8 Å². The summed E-state index contributed by atoms with van der Waals surface area (Å²) in [6.07, 6.45) is 0.135. The van der Waals surface area contributed by atoms with E-state index in [4.69, 9.17) is 0 Å². The van der Waals surface area contributed by atoms with E-state index < -0.39 is 29.2 Å². The van der Waals surface area contributed by atoms with Gasteiger partial charge in [0.25, 0.3) is 0 Å². The lowest BCUT2D eigenvalue weighted by Crippen LogP contribution is -2.46. The zero-order chi connectivity index (χ0) is 30.9. The van der Waals surface area contributed by atoms with Gasteiger partial charge in [0.1, 0.15) is 0 Å². The molecule has 0 unspecified atom stereocenters. The van der Waals surface area contributed by atoms with Gasteiger partial charge < -0.3 is 0 Å². The van der Waals surface area contributed by atoms with Crippen molar-refractivity contribution < 1.29 is 16.8 Å². The lowest BCUT2D eigenvalue weighted by atomic mass is 9.87. The zero-order valence-corrected chi connectivity index (χ0v) is 26.3. The van der Waals surface area contributed by atoms with Gasteiger partial charge in [-0.15, -0.1) is 0 Å². The van der Waals surface area contributed by atoms with Gasteiger partial charge in [0.05, 0.1) is 9.79 Å². The van der Waals surface area contributed by atoms with Gasteiger partial charge >= 0.3 is 0 Å². The van der Waals surface area contributed by atoms with Gasteiger partial charge in [0.2, 0.25) is 0 Å². The smallest absolute Gasteiger partial charge is 0.198 e. The van der Waals surface area contributed by atoms with E-state index in [-0.39, 0.29) is 52.2 Å². The second-order valence-corrected chi connectivity index (χ2v) is 17.7. The van der Waals surface area contributed by atoms with Crippen LogP contribution in [-0.2, 0) is 19.7 Å². The molecule has 5 atom stereocenters. The van der Waals surface area contributed by atoms with E-state index in [1.807, 2.05) is 30.3 Å². The summed E-state index contributed by atoms with van der Waals surface area (Å²) in [7, 11) is -8.62. The third-order valence-corrected chi connectivity index (χ3v) is 16.6. The van der Waals surface area contributed by atoms with Crippen molar-refractivity contribution in [2.24, 2.45) is 17.3 Å². The summed E-state index contributed by atoms with van der Waals surface area (Å²) < 4.78 is 57.6. The highest BCUT2D eigenvalue weighted by molar-refractivity contribution is 8.10. The molecule has 0 radical (unpaired) electrons. The molecule has 0 bridgehead atoms. The first-order valence-corrected chi connectivity index (χ1v) is 18.5. The Balaban J connectivity index is 1.34. The van der Waals surface area contributed by atoms with E-state index in [0.717, 1.165) is 5.56 Å². The van der Waals surface area contributed by atoms with Gasteiger partial charge in [0.15, 0.2) is 23.8 Å². The molecule has 0 N–H and O–H groups in total. The molecule has 226 valence electrons. The molecule has 0 aromatic heterocycles. The maximum absolute atomic E-state index is 14.9. The van der Waals surface area contributed by atoms with E-state index in [0.29, 0.717) is 0 Å². The fourth-order valence-electron chi connectivity index (χ4n) is 9.08. The molecular weight excluding hydrogens is 597 g/mol. The van der Waals surface area contributed by atoms with Crippen molar-refractivity contribution in [3.63, 3.8) is 0 Å². The van der Waals surface area contributed by atoms with Crippen LogP contribution < -0.4 is 0 Å². The minimum absolute atomic E-state index is 0.0623. The largest absolute Gasteiger partial charge is 0.222 e. The standard InChI is InChI=1S/C39H34O4S2/c40-44(41,31-22-12-4-13-23-31)38(45(42,43)32-24-14-5-15-25-32)26-33-36(30-20-10-3-11-21-30)39(33,27-38)37-34(28-16-6-1-7-17-28)35(37)29-18-8-2-9-19-29/h1-25,33-37H,26-27H2/t33-,34+,35+,36-,39+/m0/s1. The minimum Gasteiger partial charge on any atom is -0.222 e. The molecule has 0 amide bonds. The average Bonchev–Trinajstić information content (AvgIpc) is 3.96. The maximum Gasteiger partial charge on any atom is 0.198 e. The van der Waals surface area contributed by atoms with Gasteiger partial charge in [-0.25, -0.2) is 16.8 Å². The summed E-state index contributed by atoms with van der Waals surface area (Å²) in [6, 6.07) is 47.6. The molecule has 0 spiro atoms. The summed E-state index contributed by atoms with van der Waals surface area (Å²) in [5, 5.41) is 0. The first-order valence-electron chi connectivity index (χ1n) is 15.6. The first kappa shape index (κ1) is 28.5. The van der Waals surface area contributed by atoms with E-state index in [2.05, 4.69) is 60.7 Å². The molecule has 3 saturated carbocycles. The highest BCUT2D eigenvalue weighted by Crippen LogP contribution is 2.88. The van der Waals surface area contributed by atoms with Crippen molar-refractivity contribution in [2.75, 3.05) is 0 Å². The molecule has 5 aromatic rings. The summed E-state index contributed by atoms with van der Waals surface area (Å²) >= 11 is 0. The maximum atomic E-state index is 14.9. The van der Waals surface area contributed by atoms with E-state index in [1.54, 1.807) is 60.7 Å². The van der Waals surface area contributed by atoms with Crippen molar-refractivity contribution in [3.05, 3.63) is 168 Å². The van der Waals surface area contributed by atoms with Crippen molar-refractivity contribution in [1.29, 1.82) is 0 Å². The Labute approximate surface area is 265 Å². The second-order valence-electron chi connectivity index (χ2n) is 12.9. The van der Waals surface area contributed by atoms with Crippen LogP contribution in [0.15, 0.2) is 161 Å². The number of fused-ring (bicyclic) bond motifs is 1. The van der Waals surface area contributed by atoms with Gasteiger partial charge in [-0.3, -0.25) is 0 Å². The van der Waals surface area contributed by atoms with Crippen LogP contribution in [0.25, 0.3) is 0 Å². The van der Waals surface area contributed by atoms with Crippen molar-refractivity contribution in [2.45, 2.75) is 44.5 Å². The Morgan fingerprint density at radius 2 is 0.822 bits per heavy atom. The molecule has 4 nitrogen and oxygen atoms in total. The predicted molar refractivity (Wildman–Crippen MR) is 176 cm³/mol. The normalized spacial score (nSPS) is 28.2. The Bertz CT molecular complexity index is 1940. The van der Waals surface area contributed by atoms with Crippen molar-refractivity contribution in [3.8, 4) is 0 Å². The van der Waals surface area contributed by atoms with Gasteiger partial charge in [-0.1, -0.05) is 127 Å². The topological polar surface area (TPSA) is 68.3 Å². The SMILES string of the molecule is O=S(=O)(c1ccccc1)C1(S(=O)(=O)c2ccccc2)C[C@H]2[C@H](c3ccccc3)[C@@]2(C2[C@H](c3ccccc3)[C@H]2c2ccccc2)C1. The number of hydrogen-bond donors (Lipinski definition) is 0. The third-order valence-electron chi connectivity index (χ3n) is 10.9. The fourth-order valence-corrected chi connectivity index (χ4v) is 14.4. The van der Waals surface area contributed by atoms with Crippen LogP contribution in [0.4, 0.5) is 0 Å². The van der Waals surface area contributed by atoms with E-state index in [9.17, 15) is 16.8 Å². The quantitative estimate of drug-likeness (QED) is 0.174. The molecule has 3 aliphatic rings. The second kappa shape index (κ2) is 10.3. The number of rotatable bonds is 8. The molecule has 0 saturated heterocycles. The molecule has 45 heavy (non-hydrogen) atoms. The molecule has 6 heteroatoms. The summed E-state index contributed by atoms with van der Waals surface area (Å²) in [5.74, 6) is 0.408. The third kappa shape index (κ3) is 4.08. The van der Waals surface area contributed by atoms with E-state index in [1.165, 1.54) is 11.1 Å². The fraction of sp³-hybridized carbons (Fsp3) is 0.231. The first-order chi connectivity index (χ1) is 21.8.